The van der Waals surface area contributed by atoms with Gasteiger partial charge in [0.1, 0.15) is 5.56 Å². The van der Waals surface area contributed by atoms with Gasteiger partial charge in [0.05, 0.1) is 5.52 Å². The molecule has 0 saturated carbocycles. The Hall–Kier alpha value is -4.19. The molecular formula is C29H27N3O3. The molecule has 4 aromatic rings. The lowest BCUT2D eigenvalue weighted by Crippen LogP contribution is -2.38. The lowest BCUT2D eigenvalue weighted by atomic mass is 10.0. The van der Waals surface area contributed by atoms with Gasteiger partial charge in [-0.25, -0.2) is 4.57 Å². The summed E-state index contributed by atoms with van der Waals surface area (Å²) in [6, 6.07) is 23.9. The maximum absolute atomic E-state index is 13.6. The first-order valence-electron chi connectivity index (χ1n) is 11.9. The fourth-order valence-electron chi connectivity index (χ4n) is 5.07. The van der Waals surface area contributed by atoms with Crippen LogP contribution in [0.3, 0.4) is 0 Å². The summed E-state index contributed by atoms with van der Waals surface area (Å²) in [5.41, 5.74) is 9.62. The zero-order valence-corrected chi connectivity index (χ0v) is 19.6. The number of aromatic nitrogens is 1. The van der Waals surface area contributed by atoms with E-state index in [9.17, 15) is 14.4 Å². The largest absolute Gasteiger partial charge is 0.399 e. The molecule has 3 aromatic carbocycles. The Balaban J connectivity index is 1.52. The first-order valence-corrected chi connectivity index (χ1v) is 11.9. The van der Waals surface area contributed by atoms with Crippen LogP contribution in [0.15, 0.2) is 83.7 Å². The maximum Gasteiger partial charge on any atom is 0.270 e. The highest BCUT2D eigenvalue weighted by molar-refractivity contribution is 6.08. The van der Waals surface area contributed by atoms with Crippen molar-refractivity contribution >= 4 is 34.1 Å². The Labute approximate surface area is 203 Å². The summed E-state index contributed by atoms with van der Waals surface area (Å²) in [7, 11) is 0. The number of nitrogens with zero attached hydrogens (tertiary/aromatic N) is 2. The Bertz CT molecular complexity index is 1490. The summed E-state index contributed by atoms with van der Waals surface area (Å²) in [4.78, 5) is 42.3. The minimum atomic E-state index is -0.576. The molecule has 1 aromatic heterocycles. The third-order valence-corrected chi connectivity index (χ3v) is 6.73. The first-order chi connectivity index (χ1) is 17.0. The number of amides is 1. The second kappa shape index (κ2) is 9.22. The van der Waals surface area contributed by atoms with Gasteiger partial charge in [-0.2, -0.15) is 0 Å². The monoisotopic (exact) mass is 465 g/mol. The highest BCUT2D eigenvalue weighted by atomic mass is 16.2. The number of benzene rings is 3. The number of para-hydroxylation sites is 2. The smallest absolute Gasteiger partial charge is 0.270 e. The van der Waals surface area contributed by atoms with Crippen molar-refractivity contribution in [3.8, 4) is 0 Å². The average molecular weight is 466 g/mol. The predicted octanol–water partition coefficient (Wildman–Crippen LogP) is 4.70. The third kappa shape index (κ3) is 4.23. The number of nitrogen functional groups attached to an aromatic ring is 1. The summed E-state index contributed by atoms with van der Waals surface area (Å²) in [6.45, 7) is 2.26. The molecule has 35 heavy (non-hydrogen) atoms. The van der Waals surface area contributed by atoms with Crippen molar-refractivity contribution in [2.75, 3.05) is 17.2 Å². The molecule has 1 aliphatic rings. The minimum Gasteiger partial charge on any atom is -0.399 e. The fourth-order valence-corrected chi connectivity index (χ4v) is 5.07. The standard InChI is InChI=1S/C29H27N3O3/c1-2-31(24-9-4-3-5-10-24)28(34)25-18-21-8-6-7-11-26(21)32(29(25)35)27(33)16-19-14-20-12-13-23(30)17-22(20)15-19/h3-13,17-19H,2,14-16,30H2,1H3. The van der Waals surface area contributed by atoms with Crippen LogP contribution in [0.5, 0.6) is 0 Å². The van der Waals surface area contributed by atoms with Crippen LogP contribution in [0.25, 0.3) is 10.9 Å². The van der Waals surface area contributed by atoms with Crippen LogP contribution < -0.4 is 16.2 Å². The highest BCUT2D eigenvalue weighted by Crippen LogP contribution is 2.31. The molecule has 0 fully saturated rings. The van der Waals surface area contributed by atoms with Crippen LogP contribution in [0.4, 0.5) is 11.4 Å². The Morgan fingerprint density at radius 2 is 1.66 bits per heavy atom. The van der Waals surface area contributed by atoms with E-state index in [1.54, 1.807) is 23.1 Å². The van der Waals surface area contributed by atoms with E-state index in [-0.39, 0.29) is 23.8 Å². The SMILES string of the molecule is CCN(C(=O)c1cc2ccccc2n(C(=O)CC2Cc3ccc(N)cc3C2)c1=O)c1ccccc1. The van der Waals surface area contributed by atoms with Gasteiger partial charge in [-0.3, -0.25) is 14.4 Å². The molecule has 5 rings (SSSR count). The van der Waals surface area contributed by atoms with E-state index in [0.717, 1.165) is 18.4 Å². The summed E-state index contributed by atoms with van der Waals surface area (Å²) in [6.07, 6.45) is 1.73. The van der Waals surface area contributed by atoms with Crippen LogP contribution >= 0.6 is 0 Å². The number of fused-ring (bicyclic) bond motifs is 2. The second-order valence-electron chi connectivity index (χ2n) is 9.04. The van der Waals surface area contributed by atoms with E-state index in [0.29, 0.717) is 28.8 Å². The summed E-state index contributed by atoms with van der Waals surface area (Å²) in [5.74, 6) is -0.630. The maximum atomic E-state index is 13.6. The zero-order valence-electron chi connectivity index (χ0n) is 19.6. The van der Waals surface area contributed by atoms with Crippen molar-refractivity contribution in [1.29, 1.82) is 0 Å². The normalized spacial score (nSPS) is 14.6. The number of pyridine rings is 1. The van der Waals surface area contributed by atoms with Crippen molar-refractivity contribution in [3.63, 3.8) is 0 Å². The number of hydrogen-bond acceptors (Lipinski definition) is 4. The number of carbonyl (C=O) groups excluding carboxylic acids is 2. The summed E-state index contributed by atoms with van der Waals surface area (Å²) in [5, 5.41) is 0.676. The van der Waals surface area contributed by atoms with E-state index >= 15 is 0 Å². The predicted molar refractivity (Wildman–Crippen MR) is 139 cm³/mol. The molecule has 1 heterocycles. The van der Waals surface area contributed by atoms with Crippen molar-refractivity contribution in [2.45, 2.75) is 26.2 Å². The van der Waals surface area contributed by atoms with Crippen LogP contribution in [-0.4, -0.2) is 22.9 Å². The molecule has 6 heteroatoms. The quantitative estimate of drug-likeness (QED) is 0.433. The average Bonchev–Trinajstić information content (AvgIpc) is 3.25. The molecule has 176 valence electrons. The van der Waals surface area contributed by atoms with Gasteiger partial charge in [0.15, 0.2) is 0 Å². The first kappa shape index (κ1) is 22.6. The molecule has 1 atom stereocenters. The van der Waals surface area contributed by atoms with Crippen molar-refractivity contribution in [3.05, 3.63) is 106 Å². The summed E-state index contributed by atoms with van der Waals surface area (Å²) < 4.78 is 1.19. The second-order valence-corrected chi connectivity index (χ2v) is 9.04. The number of carbonyl (C=O) groups is 2. The molecule has 1 amide bonds. The molecule has 0 spiro atoms. The summed E-state index contributed by atoms with van der Waals surface area (Å²) >= 11 is 0. The molecule has 1 aliphatic carbocycles. The van der Waals surface area contributed by atoms with Gasteiger partial charge in [-0.1, -0.05) is 42.5 Å². The number of rotatable bonds is 5. The molecule has 1 unspecified atom stereocenters. The molecule has 0 radical (unpaired) electrons. The topological polar surface area (TPSA) is 85.4 Å². The lowest BCUT2D eigenvalue weighted by molar-refractivity contribution is 0.0882. The van der Waals surface area contributed by atoms with E-state index in [1.807, 2.05) is 67.6 Å². The molecule has 0 saturated heterocycles. The van der Waals surface area contributed by atoms with Crippen LogP contribution in [0, 0.1) is 5.92 Å². The molecule has 0 aliphatic heterocycles. The van der Waals surface area contributed by atoms with Gasteiger partial charge < -0.3 is 10.6 Å². The number of hydrogen-bond donors (Lipinski definition) is 1. The van der Waals surface area contributed by atoms with Crippen LogP contribution in [-0.2, 0) is 12.8 Å². The van der Waals surface area contributed by atoms with Gasteiger partial charge in [0, 0.05) is 24.3 Å². The lowest BCUT2D eigenvalue weighted by Gasteiger charge is -2.22. The van der Waals surface area contributed by atoms with Crippen molar-refractivity contribution in [1.82, 2.24) is 4.57 Å². The van der Waals surface area contributed by atoms with Gasteiger partial charge in [-0.15, -0.1) is 0 Å². The van der Waals surface area contributed by atoms with E-state index in [1.165, 1.54) is 10.1 Å². The van der Waals surface area contributed by atoms with Gasteiger partial charge in [-0.05, 0) is 78.6 Å². The third-order valence-electron chi connectivity index (χ3n) is 6.73. The van der Waals surface area contributed by atoms with Gasteiger partial charge in [0.2, 0.25) is 5.91 Å². The molecule has 6 nitrogen and oxygen atoms in total. The number of nitrogens with two attached hydrogens (primary N) is 1. The Morgan fingerprint density at radius 3 is 2.43 bits per heavy atom. The van der Waals surface area contributed by atoms with Crippen molar-refractivity contribution in [2.24, 2.45) is 5.92 Å². The minimum absolute atomic E-state index is 0.00904. The Morgan fingerprint density at radius 1 is 0.943 bits per heavy atom. The zero-order chi connectivity index (χ0) is 24.5. The van der Waals surface area contributed by atoms with Crippen LogP contribution in [0.1, 0.15) is 39.6 Å². The highest BCUT2D eigenvalue weighted by Gasteiger charge is 2.28. The van der Waals surface area contributed by atoms with Gasteiger partial charge in [0.25, 0.3) is 11.5 Å². The van der Waals surface area contributed by atoms with E-state index in [4.69, 9.17) is 5.73 Å². The van der Waals surface area contributed by atoms with Crippen LogP contribution in [0.2, 0.25) is 0 Å². The fraction of sp³-hybridized carbons (Fsp3) is 0.207. The Kier molecular flexibility index (Phi) is 5.95. The number of anilines is 2. The molecule has 2 N–H and O–H groups in total. The van der Waals surface area contributed by atoms with E-state index in [2.05, 4.69) is 0 Å². The molecular weight excluding hydrogens is 438 g/mol. The van der Waals surface area contributed by atoms with E-state index < -0.39 is 11.5 Å². The molecule has 0 bridgehead atoms. The van der Waals surface area contributed by atoms with Crippen molar-refractivity contribution < 1.29 is 9.59 Å². The van der Waals surface area contributed by atoms with Gasteiger partial charge >= 0.3 is 0 Å².